The SMILES string of the molecule is CC(C)(C)C(=O)NCCCC(=O)N(CC(N)=O)CC(=O)O. The molecule has 0 radical (unpaired) electrons. The predicted octanol–water partition coefficient (Wildman–Crippen LogP) is -0.673. The van der Waals surface area contributed by atoms with Gasteiger partial charge in [-0.15, -0.1) is 0 Å². The van der Waals surface area contributed by atoms with E-state index < -0.39 is 36.3 Å². The van der Waals surface area contributed by atoms with Crippen LogP contribution in [0.3, 0.4) is 0 Å². The first kappa shape index (κ1) is 18.9. The van der Waals surface area contributed by atoms with Gasteiger partial charge in [0.2, 0.25) is 17.7 Å². The summed E-state index contributed by atoms with van der Waals surface area (Å²) < 4.78 is 0. The number of carbonyl (C=O) groups excluding carboxylic acids is 3. The van der Waals surface area contributed by atoms with E-state index >= 15 is 0 Å². The quantitative estimate of drug-likeness (QED) is 0.512. The number of rotatable bonds is 8. The molecule has 0 fully saturated rings. The topological polar surface area (TPSA) is 130 Å². The Kier molecular flexibility index (Phi) is 7.40. The molecular weight excluding hydrogens is 278 g/mol. The number of carboxylic acid groups (broad SMARTS) is 1. The summed E-state index contributed by atoms with van der Waals surface area (Å²) in [7, 11) is 0. The third-order valence-electron chi connectivity index (χ3n) is 2.56. The number of hydrogen-bond donors (Lipinski definition) is 3. The summed E-state index contributed by atoms with van der Waals surface area (Å²) in [6, 6.07) is 0. The zero-order valence-corrected chi connectivity index (χ0v) is 12.6. The van der Waals surface area contributed by atoms with E-state index in [0.29, 0.717) is 13.0 Å². The summed E-state index contributed by atoms with van der Waals surface area (Å²) in [5.41, 5.74) is 4.46. The van der Waals surface area contributed by atoms with Crippen molar-refractivity contribution in [1.29, 1.82) is 0 Å². The predicted molar refractivity (Wildman–Crippen MR) is 75.1 cm³/mol. The molecule has 8 nitrogen and oxygen atoms in total. The first-order valence-electron chi connectivity index (χ1n) is 6.60. The van der Waals surface area contributed by atoms with Crippen LogP contribution in [0.1, 0.15) is 33.6 Å². The summed E-state index contributed by atoms with van der Waals surface area (Å²) in [6.07, 6.45) is 0.389. The van der Waals surface area contributed by atoms with Crippen LogP contribution in [-0.4, -0.2) is 53.3 Å². The third-order valence-corrected chi connectivity index (χ3v) is 2.56. The number of carbonyl (C=O) groups is 4. The Morgan fingerprint density at radius 3 is 2.14 bits per heavy atom. The molecule has 3 amide bonds. The Morgan fingerprint density at radius 1 is 1.14 bits per heavy atom. The van der Waals surface area contributed by atoms with Crippen LogP contribution in [0.15, 0.2) is 0 Å². The van der Waals surface area contributed by atoms with E-state index in [-0.39, 0.29) is 12.3 Å². The van der Waals surface area contributed by atoms with Crippen LogP contribution in [0.4, 0.5) is 0 Å². The first-order valence-corrected chi connectivity index (χ1v) is 6.60. The number of primary amides is 1. The maximum absolute atomic E-state index is 11.8. The molecule has 120 valence electrons. The highest BCUT2D eigenvalue weighted by Crippen LogP contribution is 2.12. The number of hydrogen-bond acceptors (Lipinski definition) is 4. The highest BCUT2D eigenvalue weighted by atomic mass is 16.4. The van der Waals surface area contributed by atoms with Gasteiger partial charge in [0.25, 0.3) is 0 Å². The van der Waals surface area contributed by atoms with Crippen molar-refractivity contribution in [2.75, 3.05) is 19.6 Å². The van der Waals surface area contributed by atoms with Crippen molar-refractivity contribution in [1.82, 2.24) is 10.2 Å². The van der Waals surface area contributed by atoms with Gasteiger partial charge in [-0.1, -0.05) is 20.8 Å². The molecule has 21 heavy (non-hydrogen) atoms. The van der Waals surface area contributed by atoms with E-state index in [0.717, 1.165) is 4.90 Å². The van der Waals surface area contributed by atoms with Crippen molar-refractivity contribution in [3.63, 3.8) is 0 Å². The molecule has 0 aromatic rings. The normalized spacial score (nSPS) is 10.8. The van der Waals surface area contributed by atoms with Gasteiger partial charge in [0, 0.05) is 18.4 Å². The van der Waals surface area contributed by atoms with Gasteiger partial charge in [0.1, 0.15) is 6.54 Å². The lowest BCUT2D eigenvalue weighted by Gasteiger charge is -2.20. The zero-order valence-electron chi connectivity index (χ0n) is 12.6. The van der Waals surface area contributed by atoms with Crippen LogP contribution >= 0.6 is 0 Å². The molecule has 0 aromatic carbocycles. The van der Waals surface area contributed by atoms with Gasteiger partial charge in [-0.2, -0.15) is 0 Å². The molecule has 0 spiro atoms. The molecule has 0 atom stereocenters. The summed E-state index contributed by atoms with van der Waals surface area (Å²) in [4.78, 5) is 45.7. The maximum Gasteiger partial charge on any atom is 0.323 e. The van der Waals surface area contributed by atoms with E-state index in [4.69, 9.17) is 10.8 Å². The Hall–Kier alpha value is -2.12. The highest BCUT2D eigenvalue weighted by molar-refractivity contribution is 5.86. The minimum atomic E-state index is -1.22. The van der Waals surface area contributed by atoms with Gasteiger partial charge >= 0.3 is 5.97 Å². The van der Waals surface area contributed by atoms with Crippen LogP contribution < -0.4 is 11.1 Å². The van der Waals surface area contributed by atoms with Gasteiger partial charge in [-0.05, 0) is 6.42 Å². The molecule has 0 rings (SSSR count). The van der Waals surface area contributed by atoms with Crippen LogP contribution in [0.2, 0.25) is 0 Å². The Morgan fingerprint density at radius 2 is 1.71 bits per heavy atom. The number of carboxylic acids is 1. The number of nitrogens with zero attached hydrogens (tertiary/aromatic N) is 1. The molecule has 0 aliphatic rings. The lowest BCUT2D eigenvalue weighted by Crippen LogP contribution is -2.42. The van der Waals surface area contributed by atoms with Crippen LogP contribution in [0.5, 0.6) is 0 Å². The van der Waals surface area contributed by atoms with Gasteiger partial charge in [-0.3, -0.25) is 19.2 Å². The lowest BCUT2D eigenvalue weighted by atomic mass is 9.96. The number of amides is 3. The van der Waals surface area contributed by atoms with Crippen molar-refractivity contribution in [3.05, 3.63) is 0 Å². The Balaban J connectivity index is 4.23. The van der Waals surface area contributed by atoms with Gasteiger partial charge in [0.15, 0.2) is 0 Å². The fourth-order valence-corrected chi connectivity index (χ4v) is 1.45. The minimum absolute atomic E-state index is 0.0327. The van der Waals surface area contributed by atoms with Crippen molar-refractivity contribution in [2.24, 2.45) is 11.1 Å². The Labute approximate surface area is 123 Å². The molecule has 4 N–H and O–H groups in total. The maximum atomic E-state index is 11.8. The molecular formula is C13H23N3O5. The molecule has 0 unspecified atom stereocenters. The average Bonchev–Trinajstić information content (AvgIpc) is 2.30. The second kappa shape index (κ2) is 8.23. The van der Waals surface area contributed by atoms with Gasteiger partial charge in [-0.25, -0.2) is 0 Å². The molecule has 0 saturated heterocycles. The van der Waals surface area contributed by atoms with E-state index in [2.05, 4.69) is 5.32 Å². The summed E-state index contributed by atoms with van der Waals surface area (Å²) in [5, 5.41) is 11.4. The van der Waals surface area contributed by atoms with Crippen molar-refractivity contribution in [2.45, 2.75) is 33.6 Å². The fraction of sp³-hybridized carbons (Fsp3) is 0.692. The smallest absolute Gasteiger partial charge is 0.323 e. The molecule has 0 aliphatic heterocycles. The third kappa shape index (κ3) is 8.61. The first-order chi connectivity index (χ1) is 9.54. The molecule has 0 bridgehead atoms. The summed E-state index contributed by atoms with van der Waals surface area (Å²) >= 11 is 0. The zero-order chi connectivity index (χ0) is 16.6. The monoisotopic (exact) mass is 301 g/mol. The van der Waals surface area contributed by atoms with E-state index in [1.54, 1.807) is 20.8 Å². The van der Waals surface area contributed by atoms with Crippen LogP contribution in [0, 0.1) is 5.41 Å². The van der Waals surface area contributed by atoms with Crippen molar-refractivity contribution >= 4 is 23.7 Å². The van der Waals surface area contributed by atoms with Crippen LogP contribution in [-0.2, 0) is 19.2 Å². The standard InChI is InChI=1S/C13H23N3O5/c1-13(2,3)12(21)15-6-4-5-10(18)16(7-9(14)17)8-11(19)20/h4-8H2,1-3H3,(H2,14,17)(H,15,21)(H,19,20). The van der Waals surface area contributed by atoms with Crippen molar-refractivity contribution in [3.8, 4) is 0 Å². The lowest BCUT2D eigenvalue weighted by molar-refractivity contribution is -0.145. The summed E-state index contributed by atoms with van der Waals surface area (Å²) in [5.74, 6) is -2.60. The molecule has 8 heteroatoms. The van der Waals surface area contributed by atoms with E-state index in [1.807, 2.05) is 0 Å². The van der Waals surface area contributed by atoms with Gasteiger partial charge in [0.05, 0.1) is 6.54 Å². The second-order valence-electron chi connectivity index (χ2n) is 5.72. The van der Waals surface area contributed by atoms with Crippen LogP contribution in [0.25, 0.3) is 0 Å². The summed E-state index contributed by atoms with van der Waals surface area (Å²) in [6.45, 7) is 4.62. The Bertz CT molecular complexity index is 399. The molecule has 0 saturated carbocycles. The van der Waals surface area contributed by atoms with E-state index in [1.165, 1.54) is 0 Å². The van der Waals surface area contributed by atoms with Crippen molar-refractivity contribution < 1.29 is 24.3 Å². The number of nitrogens with two attached hydrogens (primary N) is 1. The molecule has 0 aromatic heterocycles. The molecule has 0 heterocycles. The fourth-order valence-electron chi connectivity index (χ4n) is 1.45. The number of aliphatic carboxylic acids is 1. The molecule has 0 aliphatic carbocycles. The van der Waals surface area contributed by atoms with Gasteiger partial charge < -0.3 is 21.1 Å². The largest absolute Gasteiger partial charge is 0.480 e. The highest BCUT2D eigenvalue weighted by Gasteiger charge is 2.21. The number of nitrogens with one attached hydrogen (secondary N) is 1. The average molecular weight is 301 g/mol. The minimum Gasteiger partial charge on any atom is -0.480 e. The second-order valence-corrected chi connectivity index (χ2v) is 5.72. The van der Waals surface area contributed by atoms with E-state index in [9.17, 15) is 19.2 Å².